The third-order valence-electron chi connectivity index (χ3n) is 4.93. The van der Waals surface area contributed by atoms with E-state index in [9.17, 15) is 9.59 Å². The molecule has 1 aromatic rings. The Kier molecular flexibility index (Phi) is 7.76. The second kappa shape index (κ2) is 10.0. The average molecular weight is 378 g/mol. The Morgan fingerprint density at radius 3 is 2.00 bits per heavy atom. The molecule has 1 N–H and O–H groups in total. The van der Waals surface area contributed by atoms with Gasteiger partial charge in [0.25, 0.3) is 0 Å². The number of hydrogen-bond acceptors (Lipinski definition) is 5. The lowest BCUT2D eigenvalue weighted by molar-refractivity contribution is -0.135. The predicted molar refractivity (Wildman–Crippen MR) is 104 cm³/mol. The summed E-state index contributed by atoms with van der Waals surface area (Å²) in [7, 11) is 4.56. The molecule has 0 atom stereocenters. The fourth-order valence-corrected chi connectivity index (χ4v) is 3.58. The summed E-state index contributed by atoms with van der Waals surface area (Å²) in [6.07, 6.45) is 6.50. The number of anilines is 1. The van der Waals surface area contributed by atoms with E-state index in [1.165, 1.54) is 41.1 Å². The van der Waals surface area contributed by atoms with E-state index in [1.807, 2.05) is 0 Å². The van der Waals surface area contributed by atoms with Gasteiger partial charge in [-0.3, -0.25) is 9.59 Å². The summed E-state index contributed by atoms with van der Waals surface area (Å²) in [5.41, 5.74) is 0.527. The number of benzene rings is 1. The molecule has 0 aliphatic heterocycles. The van der Waals surface area contributed by atoms with Gasteiger partial charge in [-0.1, -0.05) is 25.7 Å². The molecule has 0 saturated heterocycles. The fourth-order valence-electron chi connectivity index (χ4n) is 3.58. The molecule has 0 aromatic heterocycles. The van der Waals surface area contributed by atoms with Crippen molar-refractivity contribution in [3.8, 4) is 17.2 Å². The van der Waals surface area contributed by atoms with Crippen molar-refractivity contribution < 1.29 is 23.8 Å². The molecular formula is C20H30N2O5. The van der Waals surface area contributed by atoms with Gasteiger partial charge in [-0.05, 0) is 12.8 Å². The number of amides is 2. The Labute approximate surface area is 161 Å². The van der Waals surface area contributed by atoms with Crippen LogP contribution in [0.4, 0.5) is 5.69 Å². The van der Waals surface area contributed by atoms with Crippen molar-refractivity contribution in [3.63, 3.8) is 0 Å². The number of nitrogens with one attached hydrogen (secondary N) is 1. The monoisotopic (exact) mass is 378 g/mol. The predicted octanol–water partition coefficient (Wildman–Crippen LogP) is 3.22. The third kappa shape index (κ3) is 5.52. The first-order valence-electron chi connectivity index (χ1n) is 9.37. The number of rotatable bonds is 7. The summed E-state index contributed by atoms with van der Waals surface area (Å²) in [6, 6.07) is 3.47. The highest BCUT2D eigenvalue weighted by molar-refractivity contribution is 5.95. The first-order valence-corrected chi connectivity index (χ1v) is 9.37. The van der Waals surface area contributed by atoms with Crippen LogP contribution in [-0.4, -0.2) is 50.6 Å². The molecule has 1 aliphatic rings. The van der Waals surface area contributed by atoms with Gasteiger partial charge in [-0.15, -0.1) is 0 Å². The first-order chi connectivity index (χ1) is 13.0. The van der Waals surface area contributed by atoms with Gasteiger partial charge in [0.2, 0.25) is 17.6 Å². The Bertz CT molecular complexity index is 629. The number of ether oxygens (including phenoxy) is 3. The zero-order valence-corrected chi connectivity index (χ0v) is 16.7. The number of hydrogen-bond donors (Lipinski definition) is 1. The maximum atomic E-state index is 12.6. The van der Waals surface area contributed by atoms with Crippen LogP contribution in [-0.2, 0) is 9.59 Å². The molecular weight excluding hydrogens is 348 g/mol. The lowest BCUT2D eigenvalue weighted by Crippen LogP contribution is -2.43. The van der Waals surface area contributed by atoms with Crippen molar-refractivity contribution >= 4 is 17.5 Å². The topological polar surface area (TPSA) is 77.1 Å². The van der Waals surface area contributed by atoms with E-state index in [1.54, 1.807) is 17.0 Å². The smallest absolute Gasteiger partial charge is 0.244 e. The van der Waals surface area contributed by atoms with E-state index in [4.69, 9.17) is 14.2 Å². The van der Waals surface area contributed by atoms with Gasteiger partial charge in [0.1, 0.15) is 6.54 Å². The van der Waals surface area contributed by atoms with E-state index in [0.29, 0.717) is 22.9 Å². The maximum Gasteiger partial charge on any atom is 0.244 e. The number of carbonyl (C=O) groups is 2. The second-order valence-electron chi connectivity index (χ2n) is 6.75. The first kappa shape index (κ1) is 20.9. The highest BCUT2D eigenvalue weighted by Gasteiger charge is 2.24. The largest absolute Gasteiger partial charge is 0.493 e. The van der Waals surface area contributed by atoms with E-state index >= 15 is 0 Å². The summed E-state index contributed by atoms with van der Waals surface area (Å²) in [5, 5.41) is 2.83. The normalized spacial score (nSPS) is 14.8. The molecule has 7 nitrogen and oxygen atoms in total. The second-order valence-corrected chi connectivity index (χ2v) is 6.75. The quantitative estimate of drug-likeness (QED) is 0.737. The standard InChI is InChI=1S/C20H30N2O5/c1-14(23)22(16-9-7-5-6-8-10-16)13-19(24)21-15-11-17(25-2)20(27-4)18(12-15)26-3/h11-12,16H,5-10,13H2,1-4H3,(H,21,24). The molecule has 1 fully saturated rings. The van der Waals surface area contributed by atoms with E-state index in [0.717, 1.165) is 25.7 Å². The zero-order chi connectivity index (χ0) is 19.8. The van der Waals surface area contributed by atoms with Crippen LogP contribution in [0, 0.1) is 0 Å². The molecule has 7 heteroatoms. The van der Waals surface area contributed by atoms with Crippen molar-refractivity contribution in [2.75, 3.05) is 33.2 Å². The van der Waals surface area contributed by atoms with Gasteiger partial charge in [0.15, 0.2) is 11.5 Å². The molecule has 2 rings (SSSR count). The maximum absolute atomic E-state index is 12.6. The number of carbonyl (C=O) groups excluding carboxylic acids is 2. The van der Waals surface area contributed by atoms with Crippen molar-refractivity contribution in [2.24, 2.45) is 0 Å². The minimum atomic E-state index is -0.247. The Balaban J connectivity index is 2.11. The van der Waals surface area contributed by atoms with Gasteiger partial charge in [0.05, 0.1) is 21.3 Å². The van der Waals surface area contributed by atoms with E-state index in [-0.39, 0.29) is 24.4 Å². The summed E-state index contributed by atoms with van der Waals surface area (Å²) in [6.45, 7) is 1.56. The molecule has 150 valence electrons. The highest BCUT2D eigenvalue weighted by atomic mass is 16.5. The van der Waals surface area contributed by atoms with Crippen molar-refractivity contribution in [3.05, 3.63) is 12.1 Å². The van der Waals surface area contributed by atoms with Crippen LogP contribution < -0.4 is 19.5 Å². The van der Waals surface area contributed by atoms with Crippen LogP contribution in [0.5, 0.6) is 17.2 Å². The number of nitrogens with zero attached hydrogens (tertiary/aromatic N) is 1. The fraction of sp³-hybridized carbons (Fsp3) is 0.600. The average Bonchev–Trinajstić information content (AvgIpc) is 2.94. The van der Waals surface area contributed by atoms with Crippen LogP contribution >= 0.6 is 0 Å². The molecule has 0 radical (unpaired) electrons. The summed E-state index contributed by atoms with van der Waals surface area (Å²) in [5.74, 6) is 1.06. The molecule has 2 amide bonds. The van der Waals surface area contributed by atoms with Crippen LogP contribution in [0.2, 0.25) is 0 Å². The molecule has 0 bridgehead atoms. The van der Waals surface area contributed by atoms with Crippen LogP contribution in [0.1, 0.15) is 45.4 Å². The molecule has 1 aliphatic carbocycles. The van der Waals surface area contributed by atoms with Crippen LogP contribution in [0.3, 0.4) is 0 Å². The van der Waals surface area contributed by atoms with Gasteiger partial charge < -0.3 is 24.4 Å². The van der Waals surface area contributed by atoms with Gasteiger partial charge in [0, 0.05) is 30.8 Å². The van der Waals surface area contributed by atoms with Gasteiger partial charge in [-0.25, -0.2) is 0 Å². The molecule has 0 heterocycles. The van der Waals surface area contributed by atoms with Gasteiger partial charge >= 0.3 is 0 Å². The molecule has 0 spiro atoms. The lowest BCUT2D eigenvalue weighted by atomic mass is 10.1. The summed E-state index contributed by atoms with van der Waals surface area (Å²) < 4.78 is 15.9. The Morgan fingerprint density at radius 1 is 1.00 bits per heavy atom. The summed E-state index contributed by atoms with van der Waals surface area (Å²) in [4.78, 5) is 26.4. The van der Waals surface area contributed by atoms with Gasteiger partial charge in [-0.2, -0.15) is 0 Å². The minimum absolute atomic E-state index is 0.0384. The van der Waals surface area contributed by atoms with E-state index < -0.39 is 0 Å². The van der Waals surface area contributed by atoms with Crippen LogP contribution in [0.25, 0.3) is 0 Å². The number of methoxy groups -OCH3 is 3. The van der Waals surface area contributed by atoms with Crippen molar-refractivity contribution in [1.29, 1.82) is 0 Å². The van der Waals surface area contributed by atoms with E-state index in [2.05, 4.69) is 5.32 Å². The molecule has 1 aromatic carbocycles. The third-order valence-corrected chi connectivity index (χ3v) is 4.93. The van der Waals surface area contributed by atoms with Crippen molar-refractivity contribution in [2.45, 2.75) is 51.5 Å². The molecule has 0 unspecified atom stereocenters. The molecule has 1 saturated carbocycles. The SMILES string of the molecule is COc1cc(NC(=O)CN(C(C)=O)C2CCCCCC2)cc(OC)c1OC. The Hall–Kier alpha value is -2.44. The highest BCUT2D eigenvalue weighted by Crippen LogP contribution is 2.39. The van der Waals surface area contributed by atoms with Crippen LogP contribution in [0.15, 0.2) is 12.1 Å². The van der Waals surface area contributed by atoms with Crippen molar-refractivity contribution in [1.82, 2.24) is 4.90 Å². The Morgan fingerprint density at radius 2 is 1.56 bits per heavy atom. The zero-order valence-electron chi connectivity index (χ0n) is 16.7. The molecule has 27 heavy (non-hydrogen) atoms. The minimum Gasteiger partial charge on any atom is -0.493 e. The summed E-state index contributed by atoms with van der Waals surface area (Å²) >= 11 is 0. The lowest BCUT2D eigenvalue weighted by Gasteiger charge is -2.29.